The summed E-state index contributed by atoms with van der Waals surface area (Å²) in [6.45, 7) is 0. The summed E-state index contributed by atoms with van der Waals surface area (Å²) < 4.78 is 9.85. The van der Waals surface area contributed by atoms with Gasteiger partial charge in [0.1, 0.15) is 5.75 Å². The highest BCUT2D eigenvalue weighted by Crippen LogP contribution is 2.41. The summed E-state index contributed by atoms with van der Waals surface area (Å²) in [5.74, 6) is 0.857. The van der Waals surface area contributed by atoms with Crippen LogP contribution >= 0.6 is 24.2 Å². The van der Waals surface area contributed by atoms with Crippen LogP contribution in [0.1, 0.15) is 12.0 Å². The van der Waals surface area contributed by atoms with Gasteiger partial charge >= 0.3 is 0 Å². The van der Waals surface area contributed by atoms with Gasteiger partial charge in [0.05, 0.1) is 7.11 Å². The van der Waals surface area contributed by atoms with E-state index >= 15 is 0 Å². The maximum atomic E-state index is 5.51. The number of benzene rings is 1. The second kappa shape index (κ2) is 4.71. The molecule has 1 aromatic carbocycles. The molecule has 18 heavy (non-hydrogen) atoms. The van der Waals surface area contributed by atoms with E-state index < -0.39 is 0 Å². The molecule has 3 rings (SSSR count). The Kier molecular flexibility index (Phi) is 3.06. The molecule has 1 aliphatic carbocycles. The summed E-state index contributed by atoms with van der Waals surface area (Å²) in [4.78, 5) is 2.04. The SMILES string of the molecule is COc1cccc2c1C1=C(C=CCC1=S)C=NS2. The molecule has 1 aliphatic heterocycles. The summed E-state index contributed by atoms with van der Waals surface area (Å²) in [5.41, 5.74) is 3.24. The maximum Gasteiger partial charge on any atom is 0.127 e. The van der Waals surface area contributed by atoms with E-state index in [0.29, 0.717) is 0 Å². The molecule has 0 spiro atoms. The summed E-state index contributed by atoms with van der Waals surface area (Å²) >= 11 is 6.97. The number of allylic oxidation sites excluding steroid dienone is 4. The van der Waals surface area contributed by atoms with Crippen LogP contribution in [0.15, 0.2) is 45.2 Å². The number of methoxy groups -OCH3 is 1. The van der Waals surface area contributed by atoms with Crippen LogP contribution in [-0.4, -0.2) is 18.2 Å². The third kappa shape index (κ3) is 1.82. The van der Waals surface area contributed by atoms with Crippen LogP contribution in [0.3, 0.4) is 0 Å². The second-order valence-electron chi connectivity index (χ2n) is 4.02. The molecule has 4 heteroatoms. The predicted octanol–water partition coefficient (Wildman–Crippen LogP) is 3.87. The van der Waals surface area contributed by atoms with Gasteiger partial charge in [-0.15, -0.1) is 0 Å². The second-order valence-corrected chi connectivity index (χ2v) is 5.35. The highest BCUT2D eigenvalue weighted by Gasteiger charge is 2.23. The van der Waals surface area contributed by atoms with Crippen molar-refractivity contribution in [1.29, 1.82) is 0 Å². The molecule has 0 amide bonds. The largest absolute Gasteiger partial charge is 0.496 e. The van der Waals surface area contributed by atoms with E-state index in [4.69, 9.17) is 17.0 Å². The van der Waals surface area contributed by atoms with Crippen molar-refractivity contribution in [3.8, 4) is 5.75 Å². The van der Waals surface area contributed by atoms with E-state index in [-0.39, 0.29) is 0 Å². The molecule has 2 nitrogen and oxygen atoms in total. The Morgan fingerprint density at radius 2 is 2.28 bits per heavy atom. The fourth-order valence-corrected chi connectivity index (χ4v) is 3.20. The number of nitrogens with zero attached hydrogens (tertiary/aromatic N) is 1. The fraction of sp³-hybridized carbons (Fsp3) is 0.143. The third-order valence-corrected chi connectivity index (χ3v) is 4.09. The van der Waals surface area contributed by atoms with Crippen LogP contribution in [0.2, 0.25) is 0 Å². The molecule has 0 saturated heterocycles. The monoisotopic (exact) mass is 273 g/mol. The minimum atomic E-state index is 0.810. The Labute approximate surface area is 116 Å². The van der Waals surface area contributed by atoms with Crippen molar-refractivity contribution >= 4 is 40.8 Å². The first-order valence-electron chi connectivity index (χ1n) is 5.63. The van der Waals surface area contributed by atoms with Gasteiger partial charge in [-0.25, -0.2) is 4.40 Å². The average Bonchev–Trinajstić information content (AvgIpc) is 2.58. The highest BCUT2D eigenvalue weighted by molar-refractivity contribution is 7.98. The number of ether oxygens (including phenoxy) is 1. The van der Waals surface area contributed by atoms with Crippen LogP contribution in [0.4, 0.5) is 0 Å². The molecular formula is C14H11NOS2. The van der Waals surface area contributed by atoms with Crippen LogP contribution in [0.5, 0.6) is 5.75 Å². The van der Waals surface area contributed by atoms with E-state index in [1.807, 2.05) is 18.3 Å². The molecule has 1 aromatic rings. The van der Waals surface area contributed by atoms with E-state index in [1.165, 1.54) is 11.9 Å². The molecule has 0 unspecified atom stereocenters. The molecule has 0 aromatic heterocycles. The van der Waals surface area contributed by atoms with E-state index in [1.54, 1.807) is 7.11 Å². The van der Waals surface area contributed by atoms with Crippen molar-refractivity contribution in [2.45, 2.75) is 11.3 Å². The molecule has 0 N–H and O–H groups in total. The lowest BCUT2D eigenvalue weighted by Gasteiger charge is -2.18. The Morgan fingerprint density at radius 3 is 3.11 bits per heavy atom. The molecule has 0 saturated carbocycles. The first kappa shape index (κ1) is 11.7. The molecule has 0 atom stereocenters. The summed E-state index contributed by atoms with van der Waals surface area (Å²) in [5, 5.41) is 0. The lowest BCUT2D eigenvalue weighted by atomic mass is 9.91. The maximum absolute atomic E-state index is 5.51. The number of hydrogen-bond donors (Lipinski definition) is 0. The topological polar surface area (TPSA) is 21.6 Å². The molecule has 0 bridgehead atoms. The van der Waals surface area contributed by atoms with Crippen LogP contribution in [0.25, 0.3) is 5.57 Å². The van der Waals surface area contributed by atoms with Gasteiger partial charge in [0.2, 0.25) is 0 Å². The van der Waals surface area contributed by atoms with Gasteiger partial charge in [-0.05, 0) is 12.1 Å². The molecule has 2 aliphatic rings. The summed E-state index contributed by atoms with van der Waals surface area (Å²) in [6.07, 6.45) is 6.85. The molecule has 1 heterocycles. The Balaban J connectivity index is 2.32. The van der Waals surface area contributed by atoms with Gasteiger partial charge in [-0.2, -0.15) is 0 Å². The van der Waals surface area contributed by atoms with E-state index in [2.05, 4.69) is 22.6 Å². The van der Waals surface area contributed by atoms with Crippen LogP contribution in [-0.2, 0) is 0 Å². The standard InChI is InChI=1S/C14H11NOS2/c1-16-10-5-3-7-12-14(10)13-9(8-15-18-12)4-2-6-11(13)17/h2-5,7-8H,6H2,1H3. The smallest absolute Gasteiger partial charge is 0.127 e. The van der Waals surface area contributed by atoms with Gasteiger partial charge in [0.25, 0.3) is 0 Å². The van der Waals surface area contributed by atoms with Crippen LogP contribution < -0.4 is 4.74 Å². The predicted molar refractivity (Wildman–Crippen MR) is 80.6 cm³/mol. The average molecular weight is 273 g/mol. The molecule has 90 valence electrons. The quantitative estimate of drug-likeness (QED) is 0.572. The lowest BCUT2D eigenvalue weighted by Crippen LogP contribution is -2.07. The normalized spacial score (nSPS) is 17.3. The van der Waals surface area contributed by atoms with E-state index in [0.717, 1.165) is 38.6 Å². The van der Waals surface area contributed by atoms with Crippen molar-refractivity contribution in [2.24, 2.45) is 4.40 Å². The van der Waals surface area contributed by atoms with Crippen LogP contribution in [0, 0.1) is 0 Å². The minimum absolute atomic E-state index is 0.810. The van der Waals surface area contributed by atoms with Gasteiger partial charge in [-0.3, -0.25) is 0 Å². The Morgan fingerprint density at radius 1 is 1.39 bits per heavy atom. The summed E-state index contributed by atoms with van der Waals surface area (Å²) in [6, 6.07) is 6.00. The number of hydrogen-bond acceptors (Lipinski definition) is 4. The number of fused-ring (bicyclic) bond motifs is 2. The van der Waals surface area contributed by atoms with Crippen molar-refractivity contribution in [1.82, 2.24) is 0 Å². The first-order valence-corrected chi connectivity index (χ1v) is 6.81. The van der Waals surface area contributed by atoms with Crippen molar-refractivity contribution in [3.05, 3.63) is 41.5 Å². The Hall–Kier alpha value is -1.39. The zero-order valence-electron chi connectivity index (χ0n) is 9.84. The fourth-order valence-electron chi connectivity index (χ4n) is 2.17. The number of rotatable bonds is 1. The van der Waals surface area contributed by atoms with E-state index in [9.17, 15) is 0 Å². The Bertz CT molecular complexity index is 614. The lowest BCUT2D eigenvalue weighted by molar-refractivity contribution is 0.412. The summed E-state index contributed by atoms with van der Waals surface area (Å²) in [7, 11) is 1.69. The van der Waals surface area contributed by atoms with Crippen molar-refractivity contribution in [2.75, 3.05) is 7.11 Å². The van der Waals surface area contributed by atoms with Crippen molar-refractivity contribution in [3.63, 3.8) is 0 Å². The number of thiocarbonyl (C=S) groups is 1. The van der Waals surface area contributed by atoms with Gasteiger partial charge < -0.3 is 4.74 Å². The first-order chi connectivity index (χ1) is 8.81. The molecule has 0 radical (unpaired) electrons. The minimum Gasteiger partial charge on any atom is -0.496 e. The zero-order chi connectivity index (χ0) is 12.5. The zero-order valence-corrected chi connectivity index (χ0v) is 11.5. The van der Waals surface area contributed by atoms with Gasteiger partial charge in [-0.1, -0.05) is 30.4 Å². The van der Waals surface area contributed by atoms with Crippen molar-refractivity contribution < 1.29 is 4.74 Å². The van der Waals surface area contributed by atoms with Gasteiger partial charge in [0, 0.05) is 51.1 Å². The molecular weight excluding hydrogens is 262 g/mol. The molecule has 0 fully saturated rings. The third-order valence-electron chi connectivity index (χ3n) is 2.97. The highest BCUT2D eigenvalue weighted by atomic mass is 32.2. The van der Waals surface area contributed by atoms with Gasteiger partial charge in [0.15, 0.2) is 0 Å².